The van der Waals surface area contributed by atoms with Crippen molar-refractivity contribution < 1.29 is 4.79 Å². The van der Waals surface area contributed by atoms with Gasteiger partial charge in [0.2, 0.25) is 5.91 Å². The predicted molar refractivity (Wildman–Crippen MR) is 103 cm³/mol. The van der Waals surface area contributed by atoms with Crippen molar-refractivity contribution in [3.63, 3.8) is 0 Å². The Balaban J connectivity index is 1.92. The fraction of sp³-hybridized carbons (Fsp3) is 0.526. The average Bonchev–Trinajstić information content (AvgIpc) is 3.01. The number of amides is 1. The van der Waals surface area contributed by atoms with Crippen molar-refractivity contribution in [2.24, 2.45) is 0 Å². The zero-order chi connectivity index (χ0) is 17.9. The normalized spacial score (nSPS) is 10.8. The lowest BCUT2D eigenvalue weighted by Crippen LogP contribution is -2.26. The molecule has 1 aromatic heterocycles. The molecule has 0 aliphatic rings. The second-order valence-corrected chi connectivity index (χ2v) is 6.97. The smallest absolute Gasteiger partial charge is 0.230 e. The Bertz CT molecular complexity index is 642. The molecule has 2 aromatic rings. The number of nitrogens with one attached hydrogen (secondary N) is 1. The van der Waals surface area contributed by atoms with E-state index < -0.39 is 0 Å². The fourth-order valence-electron chi connectivity index (χ4n) is 2.55. The van der Waals surface area contributed by atoms with Crippen LogP contribution in [0.4, 0.5) is 0 Å². The molecule has 0 spiro atoms. The molecule has 136 valence electrons. The van der Waals surface area contributed by atoms with Gasteiger partial charge < -0.3 is 9.88 Å². The molecule has 1 N–H and O–H groups in total. The molecule has 0 radical (unpaired) electrons. The summed E-state index contributed by atoms with van der Waals surface area (Å²) >= 11 is 1.47. The third-order valence-corrected chi connectivity index (χ3v) is 4.87. The van der Waals surface area contributed by atoms with Gasteiger partial charge in [0.15, 0.2) is 5.16 Å². The molecule has 0 atom stereocenters. The minimum Gasteiger partial charge on any atom is -0.355 e. The predicted octanol–water partition coefficient (Wildman–Crippen LogP) is 3.48. The number of unbranched alkanes of at least 4 members (excludes halogenated alkanes) is 1. The zero-order valence-corrected chi connectivity index (χ0v) is 16.0. The highest BCUT2D eigenvalue weighted by Crippen LogP contribution is 2.18. The zero-order valence-electron chi connectivity index (χ0n) is 15.2. The van der Waals surface area contributed by atoms with E-state index in [1.807, 2.05) is 6.07 Å². The van der Waals surface area contributed by atoms with Crippen molar-refractivity contribution >= 4 is 17.7 Å². The van der Waals surface area contributed by atoms with E-state index in [1.165, 1.54) is 17.3 Å². The van der Waals surface area contributed by atoms with E-state index in [-0.39, 0.29) is 5.91 Å². The van der Waals surface area contributed by atoms with Gasteiger partial charge in [-0.1, -0.05) is 62.4 Å². The molecule has 0 aliphatic carbocycles. The van der Waals surface area contributed by atoms with Gasteiger partial charge in [-0.25, -0.2) is 0 Å². The number of rotatable bonds is 11. The van der Waals surface area contributed by atoms with Gasteiger partial charge in [-0.3, -0.25) is 4.79 Å². The van der Waals surface area contributed by atoms with E-state index >= 15 is 0 Å². The molecule has 1 heterocycles. The summed E-state index contributed by atoms with van der Waals surface area (Å²) in [5.74, 6) is 1.46. The number of hydrogen-bond donors (Lipinski definition) is 1. The molecular formula is C19H28N4OS. The summed E-state index contributed by atoms with van der Waals surface area (Å²) < 4.78 is 2.16. The average molecular weight is 361 g/mol. The Kier molecular flexibility index (Phi) is 8.52. The van der Waals surface area contributed by atoms with E-state index in [0.29, 0.717) is 5.75 Å². The van der Waals surface area contributed by atoms with E-state index in [2.05, 4.69) is 58.2 Å². The second-order valence-electron chi connectivity index (χ2n) is 6.03. The Labute approximate surface area is 154 Å². The van der Waals surface area contributed by atoms with E-state index in [0.717, 1.165) is 56.2 Å². The highest BCUT2D eigenvalue weighted by molar-refractivity contribution is 7.99. The van der Waals surface area contributed by atoms with Crippen LogP contribution in [0.15, 0.2) is 35.5 Å². The van der Waals surface area contributed by atoms with Crippen molar-refractivity contribution in [1.82, 2.24) is 20.1 Å². The summed E-state index contributed by atoms with van der Waals surface area (Å²) in [5.41, 5.74) is 1.30. The highest BCUT2D eigenvalue weighted by atomic mass is 32.2. The quantitative estimate of drug-likeness (QED) is 0.492. The van der Waals surface area contributed by atoms with Crippen LogP contribution in [0.25, 0.3) is 0 Å². The van der Waals surface area contributed by atoms with Crippen LogP contribution in [0, 0.1) is 0 Å². The summed E-state index contributed by atoms with van der Waals surface area (Å²) in [4.78, 5) is 11.9. The molecule has 0 saturated heterocycles. The van der Waals surface area contributed by atoms with Crippen molar-refractivity contribution in [2.75, 3.05) is 12.3 Å². The lowest BCUT2D eigenvalue weighted by Gasteiger charge is -2.09. The van der Waals surface area contributed by atoms with Gasteiger partial charge in [0.05, 0.1) is 5.75 Å². The standard InChI is InChI=1S/C19H28N4OS/c1-3-5-13-20-18(24)15-25-19-22-21-17(23(19)14-4-2)12-11-16-9-7-6-8-10-16/h6-10H,3-5,11-15H2,1-2H3,(H,20,24). The first-order chi connectivity index (χ1) is 12.2. The van der Waals surface area contributed by atoms with Crippen LogP contribution in [0.3, 0.4) is 0 Å². The number of hydrogen-bond acceptors (Lipinski definition) is 4. The molecule has 0 fully saturated rings. The molecule has 0 unspecified atom stereocenters. The lowest BCUT2D eigenvalue weighted by molar-refractivity contribution is -0.118. The number of nitrogens with zero attached hydrogens (tertiary/aromatic N) is 3. The molecule has 6 heteroatoms. The maximum absolute atomic E-state index is 11.9. The van der Waals surface area contributed by atoms with E-state index in [1.54, 1.807) is 0 Å². The topological polar surface area (TPSA) is 59.8 Å². The number of carbonyl (C=O) groups is 1. The second kappa shape index (κ2) is 10.9. The van der Waals surface area contributed by atoms with Crippen LogP contribution >= 0.6 is 11.8 Å². The Hall–Kier alpha value is -1.82. The Morgan fingerprint density at radius 2 is 1.92 bits per heavy atom. The van der Waals surface area contributed by atoms with Gasteiger partial charge in [0.25, 0.3) is 0 Å². The maximum atomic E-state index is 11.9. The largest absolute Gasteiger partial charge is 0.355 e. The summed E-state index contributed by atoms with van der Waals surface area (Å²) in [6.07, 6.45) is 4.94. The van der Waals surface area contributed by atoms with Crippen LogP contribution in [-0.4, -0.2) is 33.0 Å². The SMILES string of the molecule is CCCCNC(=O)CSc1nnc(CCc2ccccc2)n1CCC. The van der Waals surface area contributed by atoms with E-state index in [4.69, 9.17) is 0 Å². The minimum atomic E-state index is 0.0651. The number of benzene rings is 1. The first-order valence-corrected chi connectivity index (χ1v) is 10.1. The van der Waals surface area contributed by atoms with Gasteiger partial charge in [0.1, 0.15) is 5.82 Å². The van der Waals surface area contributed by atoms with Crippen LogP contribution in [-0.2, 0) is 24.2 Å². The summed E-state index contributed by atoms with van der Waals surface area (Å²) in [6.45, 7) is 5.90. The number of thioether (sulfide) groups is 1. The molecule has 1 amide bonds. The summed E-state index contributed by atoms with van der Waals surface area (Å²) in [5, 5.41) is 12.5. The van der Waals surface area contributed by atoms with Gasteiger partial charge in [-0.15, -0.1) is 10.2 Å². The van der Waals surface area contributed by atoms with Crippen molar-refractivity contribution in [1.29, 1.82) is 0 Å². The van der Waals surface area contributed by atoms with Crippen molar-refractivity contribution in [3.8, 4) is 0 Å². The van der Waals surface area contributed by atoms with Crippen LogP contribution in [0.5, 0.6) is 0 Å². The van der Waals surface area contributed by atoms with Gasteiger partial charge >= 0.3 is 0 Å². The van der Waals surface area contributed by atoms with Crippen LogP contribution in [0.2, 0.25) is 0 Å². The van der Waals surface area contributed by atoms with Gasteiger partial charge in [0, 0.05) is 19.5 Å². The first kappa shape index (κ1) is 19.5. The molecule has 0 bridgehead atoms. The number of aromatic nitrogens is 3. The highest BCUT2D eigenvalue weighted by Gasteiger charge is 2.13. The Morgan fingerprint density at radius 1 is 1.12 bits per heavy atom. The molecule has 1 aromatic carbocycles. The maximum Gasteiger partial charge on any atom is 0.230 e. The van der Waals surface area contributed by atoms with Crippen molar-refractivity contribution in [3.05, 3.63) is 41.7 Å². The first-order valence-electron chi connectivity index (χ1n) is 9.10. The Morgan fingerprint density at radius 3 is 2.64 bits per heavy atom. The summed E-state index contributed by atoms with van der Waals surface area (Å²) in [7, 11) is 0. The lowest BCUT2D eigenvalue weighted by atomic mass is 10.1. The van der Waals surface area contributed by atoms with E-state index in [9.17, 15) is 4.79 Å². The monoisotopic (exact) mass is 360 g/mol. The molecular weight excluding hydrogens is 332 g/mol. The molecule has 2 rings (SSSR count). The molecule has 5 nitrogen and oxygen atoms in total. The molecule has 25 heavy (non-hydrogen) atoms. The van der Waals surface area contributed by atoms with Crippen molar-refractivity contribution in [2.45, 2.75) is 57.7 Å². The number of carbonyl (C=O) groups excluding carboxylic acids is 1. The van der Waals surface area contributed by atoms with Gasteiger partial charge in [-0.2, -0.15) is 0 Å². The molecule has 0 saturated carbocycles. The third kappa shape index (κ3) is 6.53. The minimum absolute atomic E-state index is 0.0651. The number of aryl methyl sites for hydroxylation is 2. The fourth-order valence-corrected chi connectivity index (χ4v) is 3.36. The van der Waals surface area contributed by atoms with Crippen LogP contribution in [0.1, 0.15) is 44.5 Å². The van der Waals surface area contributed by atoms with Crippen LogP contribution < -0.4 is 5.32 Å². The van der Waals surface area contributed by atoms with Gasteiger partial charge in [-0.05, 0) is 24.8 Å². The third-order valence-electron chi connectivity index (χ3n) is 3.91. The molecule has 0 aliphatic heterocycles. The summed E-state index contributed by atoms with van der Waals surface area (Å²) in [6, 6.07) is 10.4.